The summed E-state index contributed by atoms with van der Waals surface area (Å²) in [7, 11) is -12.7. The molecule has 12 rings (SSSR count). The Hall–Kier alpha value is -9.78. The Morgan fingerprint density at radius 1 is 0.409 bits per heavy atom. The predicted molar refractivity (Wildman–Crippen MR) is 289 cm³/mol. The maximum atomic E-state index is 13.8. The van der Waals surface area contributed by atoms with E-state index in [1.54, 1.807) is 0 Å². The minimum Gasteiger partial charge on any atom is -0.377 e. The number of carbonyl (C=O) groups excluding carboxylic acids is 3. The van der Waals surface area contributed by atoms with Gasteiger partial charge in [0.1, 0.15) is 54.2 Å². The first-order valence-electron chi connectivity index (χ1n) is 26.7. The van der Waals surface area contributed by atoms with E-state index >= 15 is 0 Å². The average molecular weight is 1370 g/mol. The van der Waals surface area contributed by atoms with Gasteiger partial charge < -0.3 is 30.0 Å². The van der Waals surface area contributed by atoms with Gasteiger partial charge in [0.2, 0.25) is 0 Å². The molecule has 3 N–H and O–H groups in total. The van der Waals surface area contributed by atoms with Crippen LogP contribution in [0.3, 0.4) is 0 Å². The van der Waals surface area contributed by atoms with Gasteiger partial charge in [0, 0.05) is 92.1 Å². The largest absolute Gasteiger partial charge is 0.377 e. The quantitative estimate of drug-likeness (QED) is 0.104. The number of pyridine rings is 3. The van der Waals surface area contributed by atoms with Gasteiger partial charge in [0.25, 0.3) is 37.0 Å². The normalized spacial score (nSPS) is 14.8. The second-order valence-electron chi connectivity index (χ2n) is 20.1. The molecule has 9 aromatic heterocycles. The summed E-state index contributed by atoms with van der Waals surface area (Å²) in [6.45, 7) is -2.75. The zero-order valence-corrected chi connectivity index (χ0v) is 49.4. The molecule has 42 heteroatoms. The highest BCUT2D eigenvalue weighted by Crippen LogP contribution is 2.31. The molecule has 93 heavy (non-hydrogen) atoms. The first-order valence-corrected chi connectivity index (χ1v) is 31.0. The summed E-state index contributed by atoms with van der Waals surface area (Å²) < 4.78 is 196. The number of aliphatic hydroxyl groups is 3. The van der Waals surface area contributed by atoms with Crippen LogP contribution in [-0.4, -0.2) is 164 Å². The van der Waals surface area contributed by atoms with Crippen LogP contribution in [0.1, 0.15) is 69.2 Å². The van der Waals surface area contributed by atoms with Gasteiger partial charge >= 0.3 is 30.1 Å². The lowest BCUT2D eigenvalue weighted by Gasteiger charge is -2.19. The van der Waals surface area contributed by atoms with E-state index in [1.807, 2.05) is 0 Å². The maximum Gasteiger partial charge on any atom is 0.302 e. The Kier molecular flexibility index (Phi) is 18.8. The fraction of sp³-hybridized carbons (Fsp3) is 0.294. The van der Waals surface area contributed by atoms with E-state index in [4.69, 9.17) is 0 Å². The zero-order chi connectivity index (χ0) is 67.0. The highest BCUT2D eigenvalue weighted by molar-refractivity contribution is 7.90. The van der Waals surface area contributed by atoms with Crippen LogP contribution < -0.4 is 0 Å². The van der Waals surface area contributed by atoms with Crippen molar-refractivity contribution in [2.24, 2.45) is 0 Å². The highest BCUT2D eigenvalue weighted by atomic mass is 32.2. The molecule has 0 radical (unpaired) electrons. The fourth-order valence-electron chi connectivity index (χ4n) is 9.34. The molecule has 3 aliphatic rings. The van der Waals surface area contributed by atoms with Crippen LogP contribution in [0.15, 0.2) is 125 Å². The second kappa shape index (κ2) is 26.4. The third-order valence-electron chi connectivity index (χ3n) is 13.8. The summed E-state index contributed by atoms with van der Waals surface area (Å²) >= 11 is 0. The van der Waals surface area contributed by atoms with E-state index in [9.17, 15) is 94.5 Å². The number of aromatic nitrogens is 15. The zero-order valence-electron chi connectivity index (χ0n) is 46.9. The molecule has 3 aliphatic heterocycles. The summed E-state index contributed by atoms with van der Waals surface area (Å²) in [6.07, 6.45) is -2.92. The molecule has 492 valence electrons. The number of nitrogens with zero attached hydrogens (tertiary/aromatic N) is 18. The summed E-state index contributed by atoms with van der Waals surface area (Å²) in [6, 6.07) is 10.4. The van der Waals surface area contributed by atoms with E-state index in [0.717, 1.165) is 69.0 Å². The van der Waals surface area contributed by atoms with E-state index < -0.39 is 155 Å². The molecule has 0 bridgehead atoms. The van der Waals surface area contributed by atoms with Crippen molar-refractivity contribution in [3.05, 3.63) is 179 Å². The van der Waals surface area contributed by atoms with E-state index in [-0.39, 0.29) is 56.4 Å². The van der Waals surface area contributed by atoms with Crippen LogP contribution in [0.5, 0.6) is 0 Å². The molecule has 0 spiro atoms. The van der Waals surface area contributed by atoms with Crippen molar-refractivity contribution in [1.29, 1.82) is 0 Å². The third-order valence-corrected chi connectivity index (χ3v) is 18.1. The third kappa shape index (κ3) is 14.0. The molecule has 0 aromatic carbocycles. The Bertz CT molecular complexity index is 4110. The molecule has 30 nitrogen and oxygen atoms in total. The number of aliphatic hydroxyl groups excluding tert-OH is 3. The average Bonchev–Trinajstić information content (AvgIpc) is 1.64. The number of halogens is 9. The van der Waals surface area contributed by atoms with Crippen LogP contribution >= 0.6 is 0 Å². The van der Waals surface area contributed by atoms with Crippen molar-refractivity contribution >= 4 is 47.8 Å². The standard InChI is InChI=1S/3C17H15F3N6O4S/c3*18-11-2-1-4-21-15(11)16(27)17(28)24-6-10-7-26(22-12(10)8-24)31(29,30)14-3-5-25(23-14)9-13(19)20/h3*1-5,7,13,16,27H,6,8-9H2/t2*16-;/m10./s1. The predicted octanol–water partition coefficient (Wildman–Crippen LogP) is 2.07. The Labute approximate surface area is 517 Å². The minimum atomic E-state index is -4.22. The van der Waals surface area contributed by atoms with Crippen LogP contribution in [-0.2, 0) is 103 Å². The van der Waals surface area contributed by atoms with Gasteiger partial charge in [0.05, 0.1) is 36.7 Å². The van der Waals surface area contributed by atoms with E-state index in [1.165, 1.54) is 70.1 Å². The van der Waals surface area contributed by atoms with Crippen LogP contribution in [0.4, 0.5) is 39.5 Å². The molecule has 9 aromatic rings. The molecule has 0 fully saturated rings. The number of hydrogen-bond acceptors (Lipinski definition) is 21. The first kappa shape index (κ1) is 66.2. The van der Waals surface area contributed by atoms with Crippen LogP contribution in [0.2, 0.25) is 0 Å². The number of alkyl halides is 6. The first-order chi connectivity index (χ1) is 44.0. The lowest BCUT2D eigenvalue weighted by atomic mass is 10.2. The maximum absolute atomic E-state index is 13.8. The smallest absolute Gasteiger partial charge is 0.302 e. The molecule has 3 amide bonds. The van der Waals surface area contributed by atoms with Crippen LogP contribution in [0, 0.1) is 17.5 Å². The Balaban J connectivity index is 0.000000153. The molecular weight excluding hydrogens is 1320 g/mol. The summed E-state index contributed by atoms with van der Waals surface area (Å²) in [4.78, 5) is 52.1. The van der Waals surface area contributed by atoms with Gasteiger partial charge in [0.15, 0.2) is 33.4 Å². The van der Waals surface area contributed by atoms with Crippen molar-refractivity contribution in [1.82, 2.24) is 86.6 Å². The molecular formula is C51H45F9N18O12S3. The molecule has 12 heterocycles. The summed E-state index contributed by atoms with van der Waals surface area (Å²) in [5.41, 5.74) is 0.748. The Morgan fingerprint density at radius 3 is 0.892 bits per heavy atom. The number of hydrogen-bond donors (Lipinski definition) is 3. The van der Waals surface area contributed by atoms with Crippen molar-refractivity contribution in [2.45, 2.75) is 112 Å². The molecule has 0 saturated heterocycles. The monoisotopic (exact) mass is 1370 g/mol. The number of carbonyl (C=O) groups is 3. The van der Waals surface area contributed by atoms with Crippen molar-refractivity contribution in [3.8, 4) is 0 Å². The minimum absolute atomic E-state index is 0.0605. The number of rotatable bonds is 18. The fourth-order valence-corrected chi connectivity index (χ4v) is 12.7. The highest BCUT2D eigenvalue weighted by Gasteiger charge is 2.38. The van der Waals surface area contributed by atoms with Crippen molar-refractivity contribution in [3.63, 3.8) is 0 Å². The van der Waals surface area contributed by atoms with Crippen LogP contribution in [0.25, 0.3) is 0 Å². The number of fused-ring (bicyclic) bond motifs is 3. The summed E-state index contributed by atoms with van der Waals surface area (Å²) in [5.74, 6) is -4.92. The molecule has 0 aliphatic carbocycles. The van der Waals surface area contributed by atoms with Gasteiger partial charge in [-0.2, -0.15) is 68.1 Å². The lowest BCUT2D eigenvalue weighted by Crippen LogP contribution is -2.32. The summed E-state index contributed by atoms with van der Waals surface area (Å²) in [5, 5.41) is 51.9. The SMILES string of the molecule is O=C(C(O)c1ncccc1F)N1Cc2cn(S(=O)(=O)c3ccn(CC(F)F)n3)nc2C1.O=C([C@@H](O)c1ncccc1F)N1Cc2cn(S(=O)(=O)c3ccn(CC(F)F)n3)nc2C1.O=C([C@H](O)c1ncccc1F)N1Cc2cn(S(=O)(=O)c3ccn(CC(F)F)n3)nc2C1. The second-order valence-corrected chi connectivity index (χ2v) is 25.4. The van der Waals surface area contributed by atoms with E-state index in [0.29, 0.717) is 29.0 Å². The van der Waals surface area contributed by atoms with Gasteiger partial charge in [-0.3, -0.25) is 43.4 Å². The Morgan fingerprint density at radius 2 is 0.667 bits per heavy atom. The van der Waals surface area contributed by atoms with Gasteiger partial charge in [-0.25, -0.2) is 39.5 Å². The molecule has 3 atom stereocenters. The lowest BCUT2D eigenvalue weighted by molar-refractivity contribution is -0.142. The van der Waals surface area contributed by atoms with Gasteiger partial charge in [-0.15, -0.1) is 0 Å². The molecule has 1 unspecified atom stereocenters. The topological polar surface area (TPSA) is 370 Å². The van der Waals surface area contributed by atoms with Gasteiger partial charge in [-0.05, 0) is 54.6 Å². The van der Waals surface area contributed by atoms with Crippen molar-refractivity contribution < 1.29 is 94.5 Å². The van der Waals surface area contributed by atoms with Crippen molar-refractivity contribution in [2.75, 3.05) is 0 Å². The van der Waals surface area contributed by atoms with Gasteiger partial charge in [-0.1, -0.05) is 0 Å². The van der Waals surface area contributed by atoms with E-state index in [2.05, 4.69) is 45.5 Å². The molecule has 0 saturated carbocycles. The number of amides is 3.